The van der Waals surface area contributed by atoms with Crippen LogP contribution >= 0.6 is 0 Å². The van der Waals surface area contributed by atoms with Crippen molar-refractivity contribution >= 4 is 35.0 Å². The number of hydrogen-bond donors (Lipinski definition) is 4. The van der Waals surface area contributed by atoms with Crippen LogP contribution in [0.25, 0.3) is 5.52 Å². The van der Waals surface area contributed by atoms with Crippen LogP contribution in [-0.4, -0.2) is 68.0 Å². The molecule has 2 aromatic carbocycles. The molecule has 1 fully saturated rings. The first-order valence-electron chi connectivity index (χ1n) is 22.1. The van der Waals surface area contributed by atoms with Gasteiger partial charge in [-0.25, -0.2) is 22.9 Å². The predicted octanol–water partition coefficient (Wildman–Crippen LogP) is 9.65. The van der Waals surface area contributed by atoms with Crippen molar-refractivity contribution in [3.63, 3.8) is 0 Å². The van der Waals surface area contributed by atoms with Gasteiger partial charge >= 0.3 is 12.0 Å². The summed E-state index contributed by atoms with van der Waals surface area (Å²) in [6, 6.07) is 12.9. The summed E-state index contributed by atoms with van der Waals surface area (Å²) >= 11 is 0. The number of likely N-dealkylation sites (tertiary alicyclic amines) is 1. The fourth-order valence-electron chi connectivity index (χ4n) is 6.68. The Morgan fingerprint density at radius 3 is 2.27 bits per heavy atom. The molecule has 0 radical (unpaired) electrons. The molecule has 5 N–H and O–H groups in total. The molecule has 1 aliphatic rings. The lowest BCUT2D eigenvalue weighted by Gasteiger charge is -2.29. The monoisotopic (exact) mass is 925 g/mol. The molecule has 0 saturated carbocycles. The van der Waals surface area contributed by atoms with Gasteiger partial charge in [0.1, 0.15) is 23.3 Å². The molecular formula is C51H66F2N8O6. The number of aryl methyl sites for hydroxylation is 2. The van der Waals surface area contributed by atoms with E-state index in [2.05, 4.69) is 50.2 Å². The lowest BCUT2D eigenvalue weighted by molar-refractivity contribution is -0.150. The number of halogens is 2. The highest BCUT2D eigenvalue weighted by atomic mass is 19.1. The number of fused-ring (bicyclic) bond motifs is 1. The number of urea groups is 1. The average Bonchev–Trinajstić information content (AvgIpc) is 3.59. The molecule has 67 heavy (non-hydrogen) atoms. The third-order valence-electron chi connectivity index (χ3n) is 9.89. The van der Waals surface area contributed by atoms with Gasteiger partial charge in [-0.15, -0.1) is 0 Å². The summed E-state index contributed by atoms with van der Waals surface area (Å²) in [4.78, 5) is 53.7. The Balaban J connectivity index is 0.000000634. The Morgan fingerprint density at radius 2 is 1.69 bits per heavy atom. The number of esters is 1. The van der Waals surface area contributed by atoms with Crippen LogP contribution < -0.4 is 26.4 Å². The highest BCUT2D eigenvalue weighted by molar-refractivity contribution is 6.01. The van der Waals surface area contributed by atoms with Crippen LogP contribution in [0.5, 0.6) is 11.6 Å². The normalized spacial score (nSPS) is 13.0. The average molecular weight is 925 g/mol. The summed E-state index contributed by atoms with van der Waals surface area (Å²) in [5.41, 5.74) is 11.7. The number of carbonyl (C=O) groups excluding carboxylic acids is 4. The van der Waals surface area contributed by atoms with E-state index in [4.69, 9.17) is 15.2 Å². The quantitative estimate of drug-likeness (QED) is 0.0480. The molecule has 2 aromatic heterocycles. The maximum Gasteiger partial charge on any atom is 0.330 e. The number of rotatable bonds is 16. The predicted molar refractivity (Wildman–Crippen MR) is 259 cm³/mol. The summed E-state index contributed by atoms with van der Waals surface area (Å²) < 4.78 is 41.1. The van der Waals surface area contributed by atoms with E-state index in [1.54, 1.807) is 30.5 Å². The maximum atomic E-state index is 15.4. The zero-order valence-electron chi connectivity index (χ0n) is 40.0. The van der Waals surface area contributed by atoms with E-state index in [1.807, 2.05) is 58.9 Å². The summed E-state index contributed by atoms with van der Waals surface area (Å²) in [5, 5.41) is 11.8. The number of imide groups is 1. The van der Waals surface area contributed by atoms with Gasteiger partial charge in [0.15, 0.2) is 11.6 Å². The van der Waals surface area contributed by atoms with Gasteiger partial charge in [0, 0.05) is 48.7 Å². The van der Waals surface area contributed by atoms with E-state index >= 15 is 4.39 Å². The third kappa shape index (κ3) is 20.1. The number of anilines is 1. The van der Waals surface area contributed by atoms with Crippen LogP contribution in [-0.2, 0) is 38.5 Å². The van der Waals surface area contributed by atoms with Crippen LogP contribution in [0.2, 0.25) is 0 Å². The molecule has 1 saturated heterocycles. The second kappa shape index (κ2) is 27.0. The number of nitrogens with two attached hydrogens (primary N) is 1. The standard InChI is InChI=1S/C38H46FN7O5.C8H11F.C5H9NO/c1-5-7-34(48)51-38(3,4)17-6-8-30-21-27(23-45-18-15-28(40)16-19-45)35-36(41-24-42-46(30)35)50-32-14-13-29(22-31(32)39)43-37(49)44-33(47)20-26-11-9-25(2)10-12-26;1-4-8(9)6-5-7(2)3;1-4(2)6-5(3)7/h5,7,9-14,21-22,24,28H,6,8,15-20,23,40H2,1-4H3,(H2,43,44,47,49);4-6H,1H2,2-3H3;1H2,2-3H3,(H,6,7)/b7-5+;8-6+;. The topological polar surface area (TPSA) is 182 Å². The van der Waals surface area contributed by atoms with Crippen molar-refractivity contribution in [1.82, 2.24) is 30.1 Å². The number of carbonyl (C=O) groups is 4. The molecule has 16 heteroatoms. The van der Waals surface area contributed by atoms with Crippen molar-refractivity contribution in [3.8, 4) is 11.6 Å². The van der Waals surface area contributed by atoms with Gasteiger partial charge in [-0.2, -0.15) is 10.1 Å². The Labute approximate surface area is 393 Å². The van der Waals surface area contributed by atoms with E-state index in [-0.39, 0.29) is 47.5 Å². The molecule has 4 amide bonds. The number of benzene rings is 2. The number of ether oxygens (including phenoxy) is 2. The van der Waals surface area contributed by atoms with Gasteiger partial charge in [-0.05, 0) is 135 Å². The van der Waals surface area contributed by atoms with Gasteiger partial charge in [-0.1, -0.05) is 60.7 Å². The van der Waals surface area contributed by atoms with E-state index in [9.17, 15) is 23.6 Å². The largest absolute Gasteiger partial charge is 0.457 e. The Hall–Kier alpha value is -6.78. The van der Waals surface area contributed by atoms with Crippen LogP contribution in [0.15, 0.2) is 115 Å². The molecule has 1 aliphatic heterocycles. The van der Waals surface area contributed by atoms with Gasteiger partial charge in [-0.3, -0.25) is 19.8 Å². The minimum Gasteiger partial charge on any atom is -0.457 e. The van der Waals surface area contributed by atoms with Crippen molar-refractivity contribution < 1.29 is 37.4 Å². The third-order valence-corrected chi connectivity index (χ3v) is 9.89. The number of nitrogens with zero attached hydrogens (tertiary/aromatic N) is 4. The van der Waals surface area contributed by atoms with Crippen molar-refractivity contribution in [2.45, 2.75) is 112 Å². The Kier molecular flexibility index (Phi) is 22.0. The molecule has 14 nitrogen and oxygen atoms in total. The molecule has 0 spiro atoms. The van der Waals surface area contributed by atoms with E-state index in [0.717, 1.165) is 60.0 Å². The number of hydrogen-bond acceptors (Lipinski definition) is 10. The van der Waals surface area contributed by atoms with Crippen molar-refractivity contribution in [2.75, 3.05) is 18.4 Å². The minimum atomic E-state index is -0.777. The number of amides is 4. The first-order chi connectivity index (χ1) is 31.7. The summed E-state index contributed by atoms with van der Waals surface area (Å²) in [6.45, 7) is 23.5. The zero-order chi connectivity index (χ0) is 49.7. The first-order valence-corrected chi connectivity index (χ1v) is 22.1. The zero-order valence-corrected chi connectivity index (χ0v) is 40.0. The molecule has 360 valence electrons. The molecule has 0 aliphatic carbocycles. The Morgan fingerprint density at radius 1 is 1.00 bits per heavy atom. The van der Waals surface area contributed by atoms with Crippen LogP contribution in [0.1, 0.15) is 96.5 Å². The van der Waals surface area contributed by atoms with E-state index in [0.29, 0.717) is 37.0 Å². The minimum absolute atomic E-state index is 0.0290. The smallest absolute Gasteiger partial charge is 0.330 e. The molecule has 4 aromatic rings. The molecule has 5 rings (SSSR count). The number of nitrogens with one attached hydrogen (secondary N) is 3. The van der Waals surface area contributed by atoms with E-state index in [1.165, 1.54) is 43.6 Å². The van der Waals surface area contributed by atoms with Gasteiger partial charge in [0.25, 0.3) is 0 Å². The molecular weight excluding hydrogens is 859 g/mol. The van der Waals surface area contributed by atoms with Gasteiger partial charge in [0.2, 0.25) is 17.7 Å². The van der Waals surface area contributed by atoms with E-state index < -0.39 is 23.4 Å². The van der Waals surface area contributed by atoms with Gasteiger partial charge < -0.3 is 25.8 Å². The summed E-state index contributed by atoms with van der Waals surface area (Å²) in [6.07, 6.45) is 12.5. The lowest BCUT2D eigenvalue weighted by Crippen LogP contribution is -2.39. The number of piperidine rings is 1. The van der Waals surface area contributed by atoms with Crippen LogP contribution in [0, 0.1) is 12.7 Å². The van der Waals surface area contributed by atoms with Crippen molar-refractivity contribution in [3.05, 3.63) is 144 Å². The second-order valence-corrected chi connectivity index (χ2v) is 17.0. The Bertz CT molecular complexity index is 2420. The number of aromatic nitrogens is 3. The molecule has 0 bridgehead atoms. The highest BCUT2D eigenvalue weighted by Gasteiger charge is 2.25. The molecule has 0 atom stereocenters. The fourth-order valence-corrected chi connectivity index (χ4v) is 6.68. The van der Waals surface area contributed by atoms with Crippen molar-refractivity contribution in [2.24, 2.45) is 5.73 Å². The lowest BCUT2D eigenvalue weighted by atomic mass is 10.00. The maximum absolute atomic E-state index is 15.4. The number of allylic oxidation sites excluding steroid dienone is 7. The summed E-state index contributed by atoms with van der Waals surface area (Å²) in [7, 11) is 0. The summed E-state index contributed by atoms with van der Waals surface area (Å²) in [5.74, 6) is -1.88. The van der Waals surface area contributed by atoms with Crippen LogP contribution in [0.4, 0.5) is 19.3 Å². The van der Waals surface area contributed by atoms with Crippen LogP contribution in [0.3, 0.4) is 0 Å². The van der Waals surface area contributed by atoms with Crippen molar-refractivity contribution in [1.29, 1.82) is 0 Å². The second-order valence-electron chi connectivity index (χ2n) is 17.0. The fraction of sp³-hybridized carbons (Fsp3) is 0.373. The van der Waals surface area contributed by atoms with Gasteiger partial charge in [0.05, 0.1) is 6.42 Å². The highest BCUT2D eigenvalue weighted by Crippen LogP contribution is 2.32. The first kappa shape index (κ1) is 54.6. The molecule has 0 unspecified atom stereocenters. The SMILES string of the molecule is C/C=C/C(=O)OC(C)(C)CCCc1cc(CN2CCC(N)CC2)c2c(Oc3ccc(NC(=O)NC(=O)Cc4ccc(C)cc4)cc3F)ncnn12.C=C(C)NC(C)=O.C=C/C(F)=C\C=C(C)C. The molecule has 3 heterocycles.